The minimum Gasteiger partial charge on any atom is -0.490 e. The van der Waals surface area contributed by atoms with E-state index < -0.39 is 11.8 Å². The minimum absolute atomic E-state index is 0.0658. The quantitative estimate of drug-likeness (QED) is 0.641. The van der Waals surface area contributed by atoms with Gasteiger partial charge in [-0.15, -0.1) is 0 Å². The average Bonchev–Trinajstić information content (AvgIpc) is 3.34. The number of carbonyl (C=O) groups is 2. The Kier molecular flexibility index (Phi) is 6.58. The van der Waals surface area contributed by atoms with E-state index in [1.54, 1.807) is 19.1 Å². The molecule has 132 valence electrons. The van der Waals surface area contributed by atoms with E-state index >= 15 is 0 Å². The molecule has 1 amide bonds. The molecule has 0 spiro atoms. The molecule has 1 saturated carbocycles. The van der Waals surface area contributed by atoms with E-state index in [2.05, 4.69) is 5.32 Å². The summed E-state index contributed by atoms with van der Waals surface area (Å²) in [6.45, 7) is 2.34. The summed E-state index contributed by atoms with van der Waals surface area (Å²) in [5.74, 6) is -0.637. The van der Waals surface area contributed by atoms with Crippen molar-refractivity contribution in [2.75, 3.05) is 6.61 Å². The fraction of sp³-hybridized carbons (Fsp3) is 0.556. The van der Waals surface area contributed by atoms with Crippen LogP contribution in [0.15, 0.2) is 18.2 Å². The van der Waals surface area contributed by atoms with Crippen LogP contribution in [0.3, 0.4) is 0 Å². The van der Waals surface area contributed by atoms with Crippen molar-refractivity contribution in [3.63, 3.8) is 0 Å². The van der Waals surface area contributed by atoms with Crippen molar-refractivity contribution >= 4 is 11.9 Å². The predicted octanol–water partition coefficient (Wildman–Crippen LogP) is 3.44. The molecule has 2 rings (SSSR count). The van der Waals surface area contributed by atoms with E-state index in [-0.39, 0.29) is 30.5 Å². The summed E-state index contributed by atoms with van der Waals surface area (Å²) in [4.78, 5) is 22.2. The molecule has 1 atom stereocenters. The number of benzene rings is 1. The third-order valence-corrected chi connectivity index (χ3v) is 4.05. The van der Waals surface area contributed by atoms with Crippen LogP contribution in [-0.2, 0) is 9.59 Å². The van der Waals surface area contributed by atoms with E-state index in [0.29, 0.717) is 30.9 Å². The van der Waals surface area contributed by atoms with Crippen molar-refractivity contribution in [3.8, 4) is 5.75 Å². The van der Waals surface area contributed by atoms with Crippen LogP contribution in [0, 0.1) is 11.7 Å². The lowest BCUT2D eigenvalue weighted by Gasteiger charge is -2.15. The van der Waals surface area contributed by atoms with Gasteiger partial charge in [0.25, 0.3) is 0 Å². The topological polar surface area (TPSA) is 75.6 Å². The molecule has 0 radical (unpaired) electrons. The highest BCUT2D eigenvalue weighted by Crippen LogP contribution is 2.30. The molecule has 0 aliphatic heterocycles. The summed E-state index contributed by atoms with van der Waals surface area (Å²) in [5, 5.41) is 11.3. The zero-order valence-corrected chi connectivity index (χ0v) is 13.9. The van der Waals surface area contributed by atoms with Crippen molar-refractivity contribution in [2.45, 2.75) is 51.5 Å². The number of aliphatic carboxylic acids is 1. The second-order valence-electron chi connectivity index (χ2n) is 6.33. The Bertz CT molecular complexity index is 586. The van der Waals surface area contributed by atoms with Gasteiger partial charge >= 0.3 is 5.97 Å². The highest BCUT2D eigenvalue weighted by atomic mass is 19.1. The summed E-state index contributed by atoms with van der Waals surface area (Å²) in [6.07, 6.45) is 3.62. The number of hydrogen-bond donors (Lipinski definition) is 2. The monoisotopic (exact) mass is 337 g/mol. The third-order valence-electron chi connectivity index (χ3n) is 4.05. The second-order valence-corrected chi connectivity index (χ2v) is 6.33. The van der Waals surface area contributed by atoms with Gasteiger partial charge in [-0.25, -0.2) is 4.39 Å². The lowest BCUT2D eigenvalue weighted by Crippen LogP contribution is -2.26. The number of rotatable bonds is 10. The maximum absolute atomic E-state index is 14.0. The van der Waals surface area contributed by atoms with Gasteiger partial charge in [-0.05, 0) is 56.2 Å². The Hall–Kier alpha value is -2.11. The van der Waals surface area contributed by atoms with Gasteiger partial charge in [-0.2, -0.15) is 0 Å². The van der Waals surface area contributed by atoms with Gasteiger partial charge in [-0.1, -0.05) is 6.07 Å². The summed E-state index contributed by atoms with van der Waals surface area (Å²) in [7, 11) is 0. The lowest BCUT2D eigenvalue weighted by molar-refractivity contribution is -0.137. The maximum atomic E-state index is 14.0. The zero-order chi connectivity index (χ0) is 17.5. The fourth-order valence-corrected chi connectivity index (χ4v) is 2.35. The van der Waals surface area contributed by atoms with Gasteiger partial charge in [0, 0.05) is 12.8 Å². The Morgan fingerprint density at radius 3 is 2.67 bits per heavy atom. The first-order chi connectivity index (χ1) is 11.5. The SMILES string of the molecule is CC(NC(=O)CCCCC(=O)O)c1ccc(OCC2CC2)c(F)c1. The first-order valence-corrected chi connectivity index (χ1v) is 8.39. The Morgan fingerprint density at radius 1 is 1.33 bits per heavy atom. The molecule has 1 aliphatic carbocycles. The van der Waals surface area contributed by atoms with Crippen molar-refractivity contribution < 1.29 is 23.8 Å². The lowest BCUT2D eigenvalue weighted by atomic mass is 10.1. The van der Waals surface area contributed by atoms with Gasteiger partial charge < -0.3 is 15.2 Å². The van der Waals surface area contributed by atoms with E-state index in [9.17, 15) is 14.0 Å². The van der Waals surface area contributed by atoms with Gasteiger partial charge in [-0.3, -0.25) is 9.59 Å². The molecular weight excluding hydrogens is 313 g/mol. The molecule has 0 bridgehead atoms. The average molecular weight is 337 g/mol. The summed E-state index contributed by atoms with van der Waals surface area (Å²) in [6, 6.07) is 4.42. The molecule has 1 aliphatic rings. The van der Waals surface area contributed by atoms with E-state index in [4.69, 9.17) is 9.84 Å². The first-order valence-electron chi connectivity index (χ1n) is 8.39. The molecule has 5 nitrogen and oxygen atoms in total. The minimum atomic E-state index is -0.858. The molecule has 1 aromatic rings. The van der Waals surface area contributed by atoms with Crippen LogP contribution in [0.1, 0.15) is 57.1 Å². The number of ether oxygens (including phenoxy) is 1. The molecule has 24 heavy (non-hydrogen) atoms. The van der Waals surface area contributed by atoms with Gasteiger partial charge in [0.15, 0.2) is 11.6 Å². The van der Waals surface area contributed by atoms with Crippen LogP contribution in [0.2, 0.25) is 0 Å². The summed E-state index contributed by atoms with van der Waals surface area (Å²) >= 11 is 0. The fourth-order valence-electron chi connectivity index (χ4n) is 2.35. The van der Waals surface area contributed by atoms with Crippen LogP contribution in [0.5, 0.6) is 5.75 Å². The van der Waals surface area contributed by atoms with E-state index in [0.717, 1.165) is 12.8 Å². The van der Waals surface area contributed by atoms with E-state index in [1.807, 2.05) is 0 Å². The molecule has 0 heterocycles. The van der Waals surface area contributed by atoms with Crippen LogP contribution in [0.25, 0.3) is 0 Å². The molecule has 6 heteroatoms. The number of carboxylic acid groups (broad SMARTS) is 1. The maximum Gasteiger partial charge on any atom is 0.303 e. The van der Waals surface area contributed by atoms with Crippen molar-refractivity contribution in [1.82, 2.24) is 5.32 Å². The second kappa shape index (κ2) is 8.66. The van der Waals surface area contributed by atoms with Gasteiger partial charge in [0.2, 0.25) is 5.91 Å². The number of hydrogen-bond acceptors (Lipinski definition) is 3. The van der Waals surface area contributed by atoms with Crippen LogP contribution in [0.4, 0.5) is 4.39 Å². The molecule has 1 unspecified atom stereocenters. The Morgan fingerprint density at radius 2 is 2.04 bits per heavy atom. The molecule has 0 saturated heterocycles. The number of unbranched alkanes of at least 4 members (excludes halogenated alkanes) is 1. The van der Waals surface area contributed by atoms with Crippen molar-refractivity contribution in [1.29, 1.82) is 0 Å². The largest absolute Gasteiger partial charge is 0.490 e. The first kappa shape index (κ1) is 18.2. The zero-order valence-electron chi connectivity index (χ0n) is 13.9. The van der Waals surface area contributed by atoms with Crippen molar-refractivity contribution in [3.05, 3.63) is 29.6 Å². The number of nitrogens with one attached hydrogen (secondary N) is 1. The van der Waals surface area contributed by atoms with Crippen LogP contribution < -0.4 is 10.1 Å². The van der Waals surface area contributed by atoms with Crippen LogP contribution >= 0.6 is 0 Å². The Balaban J connectivity index is 1.78. The molecule has 1 aromatic carbocycles. The molecular formula is C18H24FNO4. The molecule has 0 aromatic heterocycles. The highest BCUT2D eigenvalue weighted by Gasteiger charge is 2.22. The summed E-state index contributed by atoms with van der Waals surface area (Å²) < 4.78 is 19.5. The number of amides is 1. The Labute approximate surface area is 141 Å². The van der Waals surface area contributed by atoms with Crippen LogP contribution in [-0.4, -0.2) is 23.6 Å². The number of carboxylic acids is 1. The number of halogens is 1. The predicted molar refractivity (Wildman–Crippen MR) is 87.3 cm³/mol. The smallest absolute Gasteiger partial charge is 0.303 e. The van der Waals surface area contributed by atoms with Gasteiger partial charge in [0.05, 0.1) is 12.6 Å². The highest BCUT2D eigenvalue weighted by molar-refractivity contribution is 5.76. The summed E-state index contributed by atoms with van der Waals surface area (Å²) in [5.41, 5.74) is 0.671. The third kappa shape index (κ3) is 6.18. The van der Waals surface area contributed by atoms with Gasteiger partial charge in [0.1, 0.15) is 0 Å². The number of carbonyl (C=O) groups excluding carboxylic acids is 1. The molecule has 1 fully saturated rings. The van der Waals surface area contributed by atoms with Crippen molar-refractivity contribution in [2.24, 2.45) is 5.92 Å². The van der Waals surface area contributed by atoms with E-state index in [1.165, 1.54) is 6.07 Å². The standard InChI is InChI=1S/C18H24FNO4/c1-12(20-17(21)4-2-3-5-18(22)23)14-8-9-16(15(19)10-14)24-11-13-6-7-13/h8-10,12-13H,2-7,11H2,1H3,(H,20,21)(H,22,23). The normalized spacial score (nSPS) is 14.9. The molecule has 2 N–H and O–H groups in total.